The summed E-state index contributed by atoms with van der Waals surface area (Å²) in [6.45, 7) is 49.2. The molecule has 20 aliphatic carbocycles. The summed E-state index contributed by atoms with van der Waals surface area (Å²) in [5, 5.41) is 0. The molecule has 0 aromatic carbocycles. The largest absolute Gasteiger partial charge is 0.0649 e. The van der Waals surface area contributed by atoms with Crippen LogP contribution in [0.25, 0.3) is 0 Å². The molecule has 0 aromatic rings. The zero-order chi connectivity index (χ0) is 69.5. The molecule has 0 nitrogen and oxygen atoms in total. The Kier molecular flexibility index (Phi) is 28.4. The molecule has 560 valence electrons. The molecule has 0 amide bonds. The Morgan fingerprint density at radius 3 is 1.03 bits per heavy atom. The second kappa shape index (κ2) is 34.1. The minimum Gasteiger partial charge on any atom is -0.0649 e. The lowest BCUT2D eigenvalue weighted by Gasteiger charge is -2.54. The third kappa shape index (κ3) is 21.6. The molecule has 10 bridgehead atoms. The Morgan fingerprint density at radius 1 is 0.292 bits per heavy atom. The van der Waals surface area contributed by atoms with E-state index >= 15 is 0 Å². The molecular formula is C96H176. The molecule has 0 aromatic heterocycles. The van der Waals surface area contributed by atoms with Gasteiger partial charge in [0, 0.05) is 0 Å². The van der Waals surface area contributed by atoms with Gasteiger partial charge in [0.1, 0.15) is 0 Å². The van der Waals surface area contributed by atoms with Gasteiger partial charge in [-0.2, -0.15) is 0 Å². The molecule has 20 fully saturated rings. The van der Waals surface area contributed by atoms with E-state index in [0.29, 0.717) is 27.1 Å². The Bertz CT molecular complexity index is 2120. The normalized spacial score (nSPS) is 41.2. The van der Waals surface area contributed by atoms with Crippen molar-refractivity contribution in [1.29, 1.82) is 0 Å². The molecule has 0 radical (unpaired) electrons. The Labute approximate surface area is 604 Å². The Morgan fingerprint density at radius 2 is 0.698 bits per heavy atom. The zero-order valence-electron chi connectivity index (χ0n) is 69.5. The van der Waals surface area contributed by atoms with Crippen LogP contribution in [-0.4, -0.2) is 0 Å². The highest BCUT2D eigenvalue weighted by Gasteiger charge is 2.50. The highest BCUT2D eigenvalue weighted by Crippen LogP contribution is 2.62. The van der Waals surface area contributed by atoms with Crippen LogP contribution in [0.2, 0.25) is 0 Å². The molecular weight excluding hydrogens is 1150 g/mol. The number of hydrogen-bond donors (Lipinski definition) is 0. The maximum atomic E-state index is 2.49. The van der Waals surface area contributed by atoms with Crippen molar-refractivity contribution in [3.8, 4) is 0 Å². The first kappa shape index (κ1) is 80.1. The summed E-state index contributed by atoms with van der Waals surface area (Å²) in [6, 6.07) is 0. The van der Waals surface area contributed by atoms with Crippen LogP contribution in [0.4, 0.5) is 0 Å². The zero-order valence-corrected chi connectivity index (χ0v) is 69.5. The lowest BCUT2D eigenvalue weighted by molar-refractivity contribution is -0.0322. The fraction of sp³-hybridized carbons (Fsp3) is 1.00. The van der Waals surface area contributed by atoms with Gasteiger partial charge in [-0.1, -0.05) is 222 Å². The average molecular weight is 1330 g/mol. The fourth-order valence-electron chi connectivity index (χ4n) is 28.1. The summed E-state index contributed by atoms with van der Waals surface area (Å²) >= 11 is 0. The highest BCUT2D eigenvalue weighted by molar-refractivity contribution is 5.01. The SMILES string of the molecule is CC1C2CCC(CC2)[C@H]1C.CC1CCC2(CC1)CC(C)(C)CC(C)(C)C2.CC1CCC2(CC1)CCC(C)(C)CC2.CC1CCC2(CCCCC2)CC1.CCC1(CC)CC2CC(C)CC(C2)C1.C[C@@H]1C2CCC(CC2)C1(C)C.C[C@H]1CC2CCC1(C)CC2.C[C@H]1CC2CCC1CC2. The van der Waals surface area contributed by atoms with E-state index in [1.807, 2.05) is 0 Å². The molecule has 20 rings (SSSR count). The van der Waals surface area contributed by atoms with Crippen molar-refractivity contribution >= 4 is 0 Å². The van der Waals surface area contributed by atoms with Crippen LogP contribution in [0, 0.1) is 155 Å². The Hall–Kier alpha value is 0. The predicted octanol–water partition coefficient (Wildman–Crippen LogP) is 31.6. The van der Waals surface area contributed by atoms with Crippen LogP contribution in [-0.2, 0) is 0 Å². The van der Waals surface area contributed by atoms with Gasteiger partial charge in [-0.25, -0.2) is 0 Å². The van der Waals surface area contributed by atoms with E-state index in [4.69, 9.17) is 0 Å². The van der Waals surface area contributed by atoms with Crippen LogP contribution in [0.15, 0.2) is 0 Å². The van der Waals surface area contributed by atoms with Gasteiger partial charge in [0.2, 0.25) is 0 Å². The van der Waals surface area contributed by atoms with E-state index in [1.165, 1.54) is 238 Å². The van der Waals surface area contributed by atoms with Crippen molar-refractivity contribution in [2.75, 3.05) is 0 Å². The molecule has 0 aliphatic heterocycles. The molecule has 0 N–H and O–H groups in total. The molecule has 0 heteroatoms. The van der Waals surface area contributed by atoms with Crippen molar-refractivity contribution in [3.05, 3.63) is 0 Å². The van der Waals surface area contributed by atoms with Crippen molar-refractivity contribution in [2.45, 2.75) is 453 Å². The minimum atomic E-state index is 0.572. The van der Waals surface area contributed by atoms with Crippen LogP contribution in [0.5, 0.6) is 0 Å². The second-order valence-electron chi connectivity index (χ2n) is 45.1. The number of fused-ring (bicyclic) bond motifs is 14. The van der Waals surface area contributed by atoms with E-state index in [0.717, 1.165) is 128 Å². The lowest BCUT2D eigenvalue weighted by Crippen LogP contribution is -2.44. The van der Waals surface area contributed by atoms with Crippen LogP contribution in [0.3, 0.4) is 0 Å². The predicted molar refractivity (Wildman–Crippen MR) is 424 cm³/mol. The monoisotopic (exact) mass is 1330 g/mol. The lowest BCUT2D eigenvalue weighted by atomic mass is 9.51. The van der Waals surface area contributed by atoms with Crippen LogP contribution < -0.4 is 0 Å². The minimum absolute atomic E-state index is 0.572. The summed E-state index contributed by atoms with van der Waals surface area (Å²) in [6.07, 6.45) is 74.3. The van der Waals surface area contributed by atoms with Gasteiger partial charge in [-0.15, -0.1) is 0 Å². The first-order valence-corrected chi connectivity index (χ1v) is 45.2. The van der Waals surface area contributed by atoms with Gasteiger partial charge in [-0.3, -0.25) is 0 Å². The van der Waals surface area contributed by atoms with E-state index < -0.39 is 0 Å². The molecule has 20 saturated carbocycles. The molecule has 0 saturated heterocycles. The molecule has 3 spiro atoms. The van der Waals surface area contributed by atoms with Crippen LogP contribution >= 0.6 is 0 Å². The summed E-state index contributed by atoms with van der Waals surface area (Å²) in [5.41, 5.74) is 6.27. The van der Waals surface area contributed by atoms with Crippen LogP contribution in [0.1, 0.15) is 453 Å². The van der Waals surface area contributed by atoms with E-state index in [2.05, 4.69) is 138 Å². The highest BCUT2D eigenvalue weighted by atomic mass is 14.6. The fourth-order valence-corrected chi connectivity index (χ4v) is 28.1. The quantitative estimate of drug-likeness (QED) is 0.259. The van der Waals surface area contributed by atoms with Gasteiger partial charge in [-0.05, 0) is 386 Å². The molecule has 3 unspecified atom stereocenters. The first-order valence-electron chi connectivity index (χ1n) is 45.2. The third-order valence-electron chi connectivity index (χ3n) is 35.7. The van der Waals surface area contributed by atoms with Crippen molar-refractivity contribution < 1.29 is 0 Å². The maximum Gasteiger partial charge on any atom is -0.0287 e. The standard InChI is InChI=1S/C16H30.2C14H26.C12H22.C11H20.2C10H18.C9H16/c1-13-6-8-16(9-7-13)11-14(2,3)10-15(4,5)12-16;1-12-4-6-14(7-5-12)10-8-13(2,3)9-11-14;1-4-14(5-2)9-12-6-11(3)7-13(8-12)10-14;1-11-5-9-12(10-6-11)7-3-2-4-8-12;1-8-9-4-6-10(7-5-9)11(8,2)3;1-8-7-9-3-5-10(8,2)6-4-9;1-7-8(2)10-5-3-9(7)4-6-10;1-7-6-8-2-4-9(7)5-3-8/h13H,6-12H2,1-5H3;12H,4-11H2,1-3H3;11-13H,4-10H2,1-3H3;11H,2-10H2,1H3;8-10H,4-7H2,1-3H3;8-9H,3-7H2,1-2H3;7-10H,3-6H2,1-2H3;7-9H,2-6H2,1H3/t;;;;2*8-,9?,10?;7-,8?,9?,10?;7-,8?,9?/m....1000/s1. The smallest absolute Gasteiger partial charge is 0.0287 e. The Balaban J connectivity index is 0.000000129. The number of rotatable bonds is 2. The molecule has 7 atom stereocenters. The van der Waals surface area contributed by atoms with Crippen molar-refractivity contribution in [2.24, 2.45) is 155 Å². The van der Waals surface area contributed by atoms with E-state index in [-0.39, 0.29) is 0 Å². The summed E-state index contributed by atoms with van der Waals surface area (Å²) in [4.78, 5) is 0. The van der Waals surface area contributed by atoms with Crippen molar-refractivity contribution in [1.82, 2.24) is 0 Å². The molecule has 0 heterocycles. The summed E-state index contributed by atoms with van der Waals surface area (Å²) in [5.74, 6) is 19.0. The van der Waals surface area contributed by atoms with Gasteiger partial charge in [0.05, 0.1) is 0 Å². The molecule has 96 heavy (non-hydrogen) atoms. The first-order chi connectivity index (χ1) is 45.2. The summed E-state index contributed by atoms with van der Waals surface area (Å²) < 4.78 is 0. The van der Waals surface area contributed by atoms with E-state index in [1.54, 1.807) is 77.0 Å². The van der Waals surface area contributed by atoms with Crippen molar-refractivity contribution in [3.63, 3.8) is 0 Å². The van der Waals surface area contributed by atoms with Gasteiger partial charge in [0.15, 0.2) is 0 Å². The van der Waals surface area contributed by atoms with E-state index in [9.17, 15) is 0 Å². The number of hydrogen-bond acceptors (Lipinski definition) is 0. The second-order valence-corrected chi connectivity index (χ2v) is 45.1. The van der Waals surface area contributed by atoms with Gasteiger partial charge >= 0.3 is 0 Å². The maximum absolute atomic E-state index is 2.49. The third-order valence-corrected chi connectivity index (χ3v) is 35.7. The topological polar surface area (TPSA) is 0 Å². The van der Waals surface area contributed by atoms with Gasteiger partial charge < -0.3 is 0 Å². The van der Waals surface area contributed by atoms with Gasteiger partial charge in [0.25, 0.3) is 0 Å². The molecule has 20 aliphatic rings. The summed E-state index contributed by atoms with van der Waals surface area (Å²) in [7, 11) is 0. The average Bonchev–Trinajstić information content (AvgIpc) is 0.778.